The van der Waals surface area contributed by atoms with Crippen molar-refractivity contribution in [3.8, 4) is 74.0 Å². The Morgan fingerprint density at radius 1 is 0.371 bits per heavy atom. The molecule has 8 aliphatic heterocycles. The molecule has 16 aromatic rings. The second kappa shape index (κ2) is 42.7. The van der Waals surface area contributed by atoms with Crippen LogP contribution in [0.25, 0.3) is 67.6 Å². The quantitative estimate of drug-likeness (QED) is 0.0295. The molecule has 0 spiro atoms. The highest BCUT2D eigenvalue weighted by Gasteiger charge is 2.29. The minimum absolute atomic E-state index is 0.00641. The van der Waals surface area contributed by atoms with Crippen molar-refractivity contribution in [2.24, 2.45) is 0 Å². The zero-order chi connectivity index (χ0) is 94.6. The number of rotatable bonds is 23. The summed E-state index contributed by atoms with van der Waals surface area (Å²) in [5, 5.41) is 51.4. The molecule has 4 atom stereocenters. The minimum atomic E-state index is -0.202. The molecule has 35 nitrogen and oxygen atoms in total. The van der Waals surface area contributed by atoms with Crippen LogP contribution in [0.3, 0.4) is 0 Å². The average Bonchev–Trinajstić information content (AvgIpc) is 1.50. The third-order valence-electron chi connectivity index (χ3n) is 26.2. The summed E-state index contributed by atoms with van der Waals surface area (Å²) in [6, 6.07) is 47.6. The fourth-order valence-electron chi connectivity index (χ4n) is 19.0. The number of hydrogen-bond acceptors (Lipinski definition) is 31. The number of methoxy groups -OCH3 is 1. The van der Waals surface area contributed by atoms with Crippen molar-refractivity contribution in [1.29, 1.82) is 0 Å². The summed E-state index contributed by atoms with van der Waals surface area (Å²) in [7, 11) is 1.66. The van der Waals surface area contributed by atoms with Crippen LogP contribution in [-0.2, 0) is 44.6 Å². The summed E-state index contributed by atoms with van der Waals surface area (Å²) < 4.78 is 59.1. The van der Waals surface area contributed by atoms with E-state index >= 15 is 0 Å². The number of nitrogens with zero attached hydrogens (tertiary/aromatic N) is 18. The first-order chi connectivity index (χ1) is 69.0. The van der Waals surface area contributed by atoms with Gasteiger partial charge in [0.25, 0.3) is 0 Å². The van der Waals surface area contributed by atoms with Crippen LogP contribution in [-0.4, -0.2) is 251 Å². The number of aliphatic hydroxyl groups is 4. The lowest BCUT2D eigenvalue weighted by Gasteiger charge is -2.36. The van der Waals surface area contributed by atoms with E-state index in [0.717, 1.165) is 258 Å². The number of aliphatic hydroxyl groups excluding tert-OH is 4. The number of nitrogens with one attached hydrogen (secondary N) is 4. The lowest BCUT2D eigenvalue weighted by Crippen LogP contribution is -2.47. The molecule has 4 saturated heterocycles. The Labute approximate surface area is 808 Å². The first-order valence-corrected chi connectivity index (χ1v) is 48.1. The van der Waals surface area contributed by atoms with Gasteiger partial charge < -0.3 is 122 Å². The number of ether oxygens (including phenoxy) is 9. The van der Waals surface area contributed by atoms with E-state index in [1.54, 1.807) is 38.1 Å². The van der Waals surface area contributed by atoms with Crippen molar-refractivity contribution in [3.05, 3.63) is 249 Å². The summed E-state index contributed by atoms with van der Waals surface area (Å²) in [6.45, 7) is 11.8. The Kier molecular flexibility index (Phi) is 27.9. The molecule has 0 bridgehead atoms. The van der Waals surface area contributed by atoms with E-state index < -0.39 is 0 Å². The van der Waals surface area contributed by atoms with Crippen molar-refractivity contribution in [2.45, 2.75) is 88.6 Å². The Morgan fingerprint density at radius 3 is 1.20 bits per heavy atom. The molecule has 0 saturated carbocycles. The van der Waals surface area contributed by atoms with E-state index in [0.29, 0.717) is 88.2 Å². The van der Waals surface area contributed by atoms with Crippen LogP contribution in [0.5, 0.6) is 29.0 Å². The number of morpholine rings is 4. The lowest BCUT2D eigenvalue weighted by atomic mass is 10.0. The van der Waals surface area contributed by atoms with E-state index in [9.17, 15) is 20.4 Å². The number of imidazole rings is 4. The van der Waals surface area contributed by atoms with Crippen molar-refractivity contribution in [2.75, 3.05) is 180 Å². The predicted molar refractivity (Wildman–Crippen MR) is 535 cm³/mol. The maximum Gasteiger partial charge on any atom is 0.216 e. The molecular weight excluding hydrogens is 1780 g/mol. The van der Waals surface area contributed by atoms with Gasteiger partial charge in [-0.15, -0.1) is 0 Å². The van der Waals surface area contributed by atoms with Crippen LogP contribution >= 0.6 is 0 Å². The van der Waals surface area contributed by atoms with Gasteiger partial charge in [0.1, 0.15) is 17.2 Å². The highest BCUT2D eigenvalue weighted by atomic mass is 16.5. The smallest absolute Gasteiger partial charge is 0.216 e. The number of aromatic nitrogens is 14. The van der Waals surface area contributed by atoms with E-state index in [-0.39, 0.29) is 50.8 Å². The van der Waals surface area contributed by atoms with Gasteiger partial charge in [-0.1, -0.05) is 0 Å². The predicted octanol–water partition coefficient (Wildman–Crippen LogP) is 14.2. The summed E-state index contributed by atoms with van der Waals surface area (Å²) >= 11 is 0. The van der Waals surface area contributed by atoms with Crippen LogP contribution in [0.1, 0.15) is 60.8 Å². The molecule has 0 aliphatic carbocycles. The number of hydrogen-bond donors (Lipinski definition) is 8. The van der Waals surface area contributed by atoms with Gasteiger partial charge in [-0.3, -0.25) is 0 Å². The van der Waals surface area contributed by atoms with E-state index in [1.807, 2.05) is 116 Å². The van der Waals surface area contributed by atoms with Gasteiger partial charge in [0.05, 0.1) is 133 Å². The maximum atomic E-state index is 9.67. The average molecular weight is 1890 g/mol. The molecule has 8 aliphatic rings. The van der Waals surface area contributed by atoms with E-state index in [4.69, 9.17) is 62.6 Å². The third kappa shape index (κ3) is 20.8. The Bertz CT molecular complexity index is 6780. The van der Waals surface area contributed by atoms with Crippen LogP contribution in [0.2, 0.25) is 0 Å². The van der Waals surface area contributed by atoms with E-state index in [1.165, 1.54) is 11.1 Å². The van der Waals surface area contributed by atoms with Gasteiger partial charge in [-0.2, -0.15) is 0 Å². The number of anilines is 12. The molecule has 140 heavy (non-hydrogen) atoms. The second-order valence-corrected chi connectivity index (χ2v) is 35.5. The van der Waals surface area contributed by atoms with Crippen molar-refractivity contribution in [1.82, 2.24) is 67.4 Å². The highest BCUT2D eigenvalue weighted by molar-refractivity contribution is 5.80. The topological polar surface area (TPSA) is 372 Å². The molecule has 0 radical (unpaired) electrons. The Morgan fingerprint density at radius 2 is 0.764 bits per heavy atom. The Hall–Kier alpha value is -14.8. The number of benzene rings is 6. The largest absolute Gasteiger partial charge is 0.495 e. The zero-order valence-corrected chi connectivity index (χ0v) is 77.9. The van der Waals surface area contributed by atoms with Gasteiger partial charge in [-0.05, 0) is 209 Å². The molecule has 2 unspecified atom stereocenters. The fourth-order valence-corrected chi connectivity index (χ4v) is 19.0. The first-order valence-electron chi connectivity index (χ1n) is 48.1. The molecule has 18 heterocycles. The van der Waals surface area contributed by atoms with Crippen molar-refractivity contribution < 1.29 is 63.1 Å². The van der Waals surface area contributed by atoms with Gasteiger partial charge in [0.15, 0.2) is 45.9 Å². The van der Waals surface area contributed by atoms with Gasteiger partial charge in [0, 0.05) is 225 Å². The minimum Gasteiger partial charge on any atom is -0.495 e. The van der Waals surface area contributed by atoms with Gasteiger partial charge in [0.2, 0.25) is 11.8 Å². The first kappa shape index (κ1) is 91.6. The molecule has 4 fully saturated rings. The molecular formula is C105H112N22O13. The van der Waals surface area contributed by atoms with Crippen molar-refractivity contribution >= 4 is 91.4 Å². The zero-order valence-electron chi connectivity index (χ0n) is 77.9. The lowest BCUT2D eigenvalue weighted by molar-refractivity contribution is 0.00347. The standard InChI is InChI=1S/2C27H29N5O3.C26H28N6O4.C25H26N6O3/c2*33-13-9-23-17-31(12-15-34-23)22-6-4-21(5-7-22)29-26-27-28-10-11-32(27)18-24(30-26)19-3-8-25-20(16-19)2-1-14-35-25;1-34-23-12-19(4-5-22(23)31-8-10-35-20(14-31)16-33)29-24-25-27-6-7-32(25)15-21(30-24)18-11-17-3-2-9-36-26(17)28-13-18;32-15-21-16-33-11-9-31(21)20-5-3-19(4-6-20)28-23-24-26-7-8-30(24)14-22(29-23)18-12-17-2-1-10-34-25(17)27-13-18/h2*3-8,10-11,16,18,23,33H,1-2,9,12-15,17H2,(H,29,30);4-7,11-13,15,20,33H,2-3,8-10,14,16H2,1H3,(H,29,30);3-8,12-14,21,32H,1-2,9-11,15-16H2,(H,28,29)/t23-;;20-;/m1.1./s1. The summed E-state index contributed by atoms with van der Waals surface area (Å²) in [5.41, 5.74) is 23.0. The van der Waals surface area contributed by atoms with Crippen LogP contribution < -0.4 is 64.6 Å². The maximum absolute atomic E-state index is 9.67. The molecule has 720 valence electrons. The molecule has 0 amide bonds. The van der Waals surface area contributed by atoms with Crippen LogP contribution in [0, 0.1) is 0 Å². The number of aryl methyl sites for hydroxylation is 4. The second-order valence-electron chi connectivity index (χ2n) is 35.5. The molecule has 35 heteroatoms. The summed E-state index contributed by atoms with van der Waals surface area (Å²) in [6.07, 6.45) is 35.7. The number of pyridine rings is 2. The Balaban J connectivity index is 0.000000111. The molecule has 24 rings (SSSR count). The van der Waals surface area contributed by atoms with Crippen LogP contribution in [0.15, 0.2) is 226 Å². The monoisotopic (exact) mass is 1890 g/mol. The normalized spacial score (nSPS) is 17.7. The summed E-state index contributed by atoms with van der Waals surface area (Å²) in [5.74, 6) is 6.85. The highest BCUT2D eigenvalue weighted by Crippen LogP contribution is 2.40. The summed E-state index contributed by atoms with van der Waals surface area (Å²) in [4.78, 5) is 55.7. The molecule has 8 N–H and O–H groups in total. The molecule has 6 aromatic carbocycles. The van der Waals surface area contributed by atoms with E-state index in [2.05, 4.69) is 168 Å². The van der Waals surface area contributed by atoms with Gasteiger partial charge >= 0.3 is 0 Å². The molecule has 10 aromatic heterocycles. The SMILES string of the molecule is COc1cc(Nc2nc(-c3cnc4c(c3)CCCO4)cn3ccnc23)ccc1N1CCO[C@@H](CO)C1.OCC1COCCN1c1ccc(Nc2nc(-c3cnc4c(c3)CCCO4)cn3ccnc23)cc1.OCCC1CN(c2ccc(Nc3nc(-c4ccc5c(c4)CCCO5)cn4ccnc34)cc2)CCO1.OCC[C@@H]1CN(c2ccc(Nc3nc(-c4ccc5c(c4)CCCO5)cn4ccnc34)cc2)CCO1. The van der Waals surface area contributed by atoms with Crippen LogP contribution in [0.4, 0.5) is 68.8 Å². The van der Waals surface area contributed by atoms with Crippen molar-refractivity contribution in [3.63, 3.8) is 0 Å². The number of fused-ring (bicyclic) bond motifs is 8. The third-order valence-corrected chi connectivity index (χ3v) is 26.2. The van der Waals surface area contributed by atoms with Gasteiger partial charge in [-0.25, -0.2) is 49.8 Å². The fraction of sp³-hybridized carbons (Fsp3) is 0.333.